The van der Waals surface area contributed by atoms with Crippen LogP contribution in [-0.2, 0) is 16.7 Å². The van der Waals surface area contributed by atoms with Crippen molar-refractivity contribution in [3.8, 4) is 0 Å². The number of para-hydroxylation sites is 1. The molecular formula is C15H20NO3S3+. The Bertz CT molecular complexity index is 772. The lowest BCUT2D eigenvalue weighted by molar-refractivity contribution is -0.668. The lowest BCUT2D eigenvalue weighted by atomic mass is 10.3. The number of allylic oxidation sites excluding steroid dienone is 1. The van der Waals surface area contributed by atoms with Crippen LogP contribution in [0.2, 0.25) is 0 Å². The standard InChI is InChI=1S/C15H19NO3S3/c1-3-12(20-2)11-15-16(9-6-10-22(17,18)19)13-7-4-5-8-14(13)21-15/h4-5,7-8,11H,3,6,9-10H2,1-2H3/p+1/b12-11+. The van der Waals surface area contributed by atoms with Crippen molar-refractivity contribution in [2.24, 2.45) is 0 Å². The normalized spacial score (nSPS) is 13.0. The Balaban J connectivity index is 2.38. The molecule has 0 bridgehead atoms. The van der Waals surface area contributed by atoms with Crippen LogP contribution in [0.1, 0.15) is 24.8 Å². The van der Waals surface area contributed by atoms with E-state index in [4.69, 9.17) is 4.55 Å². The molecule has 0 amide bonds. The van der Waals surface area contributed by atoms with E-state index >= 15 is 0 Å². The van der Waals surface area contributed by atoms with Gasteiger partial charge >= 0.3 is 0 Å². The predicted octanol–water partition coefficient (Wildman–Crippen LogP) is 3.58. The Hall–Kier alpha value is -0.890. The molecule has 1 N–H and O–H groups in total. The van der Waals surface area contributed by atoms with E-state index in [2.05, 4.69) is 29.9 Å². The summed E-state index contributed by atoms with van der Waals surface area (Å²) in [5.74, 6) is -0.212. The summed E-state index contributed by atoms with van der Waals surface area (Å²) in [6, 6.07) is 8.10. The number of nitrogens with zero attached hydrogens (tertiary/aromatic N) is 1. The summed E-state index contributed by atoms with van der Waals surface area (Å²) >= 11 is 3.43. The lowest BCUT2D eigenvalue weighted by Gasteiger charge is -1.99. The van der Waals surface area contributed by atoms with Crippen molar-refractivity contribution in [2.75, 3.05) is 12.0 Å². The molecule has 7 heteroatoms. The maximum absolute atomic E-state index is 10.9. The Morgan fingerprint density at radius 3 is 2.77 bits per heavy atom. The molecule has 0 atom stereocenters. The van der Waals surface area contributed by atoms with E-state index in [-0.39, 0.29) is 5.75 Å². The van der Waals surface area contributed by atoms with E-state index < -0.39 is 10.1 Å². The molecule has 1 heterocycles. The fourth-order valence-electron chi connectivity index (χ4n) is 2.24. The first-order valence-corrected chi connectivity index (χ1v) is 10.7. The van der Waals surface area contributed by atoms with Crippen molar-refractivity contribution in [2.45, 2.75) is 26.3 Å². The van der Waals surface area contributed by atoms with Crippen molar-refractivity contribution in [3.63, 3.8) is 0 Å². The fraction of sp³-hybridized carbons (Fsp3) is 0.400. The van der Waals surface area contributed by atoms with Crippen LogP contribution in [-0.4, -0.2) is 25.0 Å². The predicted molar refractivity (Wildman–Crippen MR) is 94.8 cm³/mol. The van der Waals surface area contributed by atoms with Crippen molar-refractivity contribution >= 4 is 49.5 Å². The molecule has 2 aromatic rings. The van der Waals surface area contributed by atoms with Gasteiger partial charge < -0.3 is 0 Å². The third kappa shape index (κ3) is 4.55. The van der Waals surface area contributed by atoms with Crippen LogP contribution in [0.5, 0.6) is 0 Å². The Kier molecular flexibility index (Phi) is 6.02. The topological polar surface area (TPSA) is 58.2 Å². The number of hydrogen-bond donors (Lipinski definition) is 1. The zero-order chi connectivity index (χ0) is 16.2. The molecule has 0 aliphatic carbocycles. The minimum atomic E-state index is -3.91. The first-order valence-electron chi connectivity index (χ1n) is 7.05. The van der Waals surface area contributed by atoms with E-state index in [1.165, 1.54) is 9.61 Å². The quantitative estimate of drug-likeness (QED) is 0.607. The van der Waals surface area contributed by atoms with Gasteiger partial charge in [-0.3, -0.25) is 4.55 Å². The minimum absolute atomic E-state index is 0.212. The summed E-state index contributed by atoms with van der Waals surface area (Å²) in [7, 11) is -3.91. The van der Waals surface area contributed by atoms with Crippen LogP contribution in [0.3, 0.4) is 0 Å². The molecule has 0 saturated heterocycles. The first kappa shape index (κ1) is 17.5. The molecule has 0 aliphatic heterocycles. The molecule has 120 valence electrons. The molecule has 0 spiro atoms. The fourth-order valence-corrected chi connectivity index (χ4v) is 4.48. The van der Waals surface area contributed by atoms with Crippen LogP contribution in [0, 0.1) is 0 Å². The van der Waals surface area contributed by atoms with Gasteiger partial charge in [-0.25, -0.2) is 0 Å². The Labute approximate surface area is 139 Å². The Morgan fingerprint density at radius 2 is 2.14 bits per heavy atom. The highest BCUT2D eigenvalue weighted by Crippen LogP contribution is 2.25. The highest BCUT2D eigenvalue weighted by Gasteiger charge is 2.19. The average molecular weight is 359 g/mol. The van der Waals surface area contributed by atoms with E-state index in [1.807, 2.05) is 18.2 Å². The molecule has 2 rings (SSSR count). The van der Waals surface area contributed by atoms with Crippen LogP contribution >= 0.6 is 23.1 Å². The third-order valence-electron chi connectivity index (χ3n) is 3.32. The number of fused-ring (bicyclic) bond motifs is 1. The SMILES string of the molecule is CC/C(=C\c1sc2ccccc2[n+]1CCCS(=O)(=O)O)SC. The van der Waals surface area contributed by atoms with Crippen LogP contribution < -0.4 is 4.57 Å². The molecule has 0 unspecified atom stereocenters. The summed E-state index contributed by atoms with van der Waals surface area (Å²) in [6.07, 6.45) is 5.60. The highest BCUT2D eigenvalue weighted by atomic mass is 32.2. The molecule has 4 nitrogen and oxygen atoms in total. The van der Waals surface area contributed by atoms with Crippen molar-refractivity contribution in [1.29, 1.82) is 0 Å². The number of thioether (sulfide) groups is 1. The molecule has 0 fully saturated rings. The van der Waals surface area contributed by atoms with Gasteiger partial charge in [0, 0.05) is 18.6 Å². The summed E-state index contributed by atoms with van der Waals surface area (Å²) in [5.41, 5.74) is 1.10. The molecule has 0 radical (unpaired) electrons. The number of aromatic nitrogens is 1. The van der Waals surface area contributed by atoms with Crippen molar-refractivity contribution in [3.05, 3.63) is 34.2 Å². The smallest absolute Gasteiger partial charge is 0.265 e. The number of rotatable bonds is 7. The van der Waals surface area contributed by atoms with Gasteiger partial charge in [0.25, 0.3) is 15.1 Å². The van der Waals surface area contributed by atoms with Gasteiger partial charge in [-0.1, -0.05) is 30.4 Å². The van der Waals surface area contributed by atoms with E-state index in [9.17, 15) is 8.42 Å². The lowest BCUT2D eigenvalue weighted by Crippen LogP contribution is -2.36. The number of hydrogen-bond acceptors (Lipinski definition) is 4. The monoisotopic (exact) mass is 358 g/mol. The van der Waals surface area contributed by atoms with Gasteiger partial charge in [0.2, 0.25) is 5.52 Å². The maximum Gasteiger partial charge on any atom is 0.265 e. The van der Waals surface area contributed by atoms with E-state index in [1.54, 1.807) is 23.1 Å². The molecule has 0 aliphatic rings. The molecule has 1 aromatic carbocycles. The molecular weight excluding hydrogens is 338 g/mol. The average Bonchev–Trinajstić information content (AvgIpc) is 2.81. The third-order valence-corrected chi connectivity index (χ3v) is 6.16. The summed E-state index contributed by atoms with van der Waals surface area (Å²) in [6.45, 7) is 2.69. The van der Waals surface area contributed by atoms with Crippen molar-refractivity contribution in [1.82, 2.24) is 0 Å². The van der Waals surface area contributed by atoms with Crippen molar-refractivity contribution < 1.29 is 17.5 Å². The van der Waals surface area contributed by atoms with Gasteiger partial charge in [0.15, 0.2) is 6.54 Å². The van der Waals surface area contributed by atoms with E-state index in [0.717, 1.165) is 16.9 Å². The minimum Gasteiger partial charge on any atom is -0.286 e. The second-order valence-corrected chi connectivity index (χ2v) is 8.43. The van der Waals surface area contributed by atoms with Crippen LogP contribution in [0.25, 0.3) is 16.3 Å². The van der Waals surface area contributed by atoms with Crippen LogP contribution in [0.15, 0.2) is 29.2 Å². The van der Waals surface area contributed by atoms with Gasteiger partial charge in [0.05, 0.1) is 5.75 Å². The van der Waals surface area contributed by atoms with Gasteiger partial charge in [-0.2, -0.15) is 13.0 Å². The maximum atomic E-state index is 10.9. The summed E-state index contributed by atoms with van der Waals surface area (Å²) in [5, 5.41) is 1.11. The second-order valence-electron chi connectivity index (χ2n) is 4.87. The summed E-state index contributed by atoms with van der Waals surface area (Å²) in [4.78, 5) is 1.29. The zero-order valence-corrected chi connectivity index (χ0v) is 15.1. The van der Waals surface area contributed by atoms with Gasteiger partial charge in [-0.15, -0.1) is 11.8 Å². The molecule has 22 heavy (non-hydrogen) atoms. The van der Waals surface area contributed by atoms with Gasteiger partial charge in [0.1, 0.15) is 4.70 Å². The molecule has 0 saturated carbocycles. The number of aryl methyl sites for hydroxylation is 1. The van der Waals surface area contributed by atoms with E-state index in [0.29, 0.717) is 13.0 Å². The number of thiazole rings is 1. The second kappa shape index (κ2) is 7.59. The van der Waals surface area contributed by atoms with Crippen LogP contribution in [0.4, 0.5) is 0 Å². The van der Waals surface area contributed by atoms with Gasteiger partial charge in [-0.05, 0) is 23.6 Å². The molecule has 1 aromatic heterocycles. The first-order chi connectivity index (χ1) is 10.4. The highest BCUT2D eigenvalue weighted by molar-refractivity contribution is 8.02. The summed E-state index contributed by atoms with van der Waals surface area (Å²) < 4.78 is 34.0. The number of benzene rings is 1. The Morgan fingerprint density at radius 1 is 1.41 bits per heavy atom. The zero-order valence-electron chi connectivity index (χ0n) is 12.7. The largest absolute Gasteiger partial charge is 0.286 e.